The Morgan fingerprint density at radius 1 is 1.22 bits per heavy atom. The number of carbonyl (C=O) groups excluding carboxylic acids is 1. The van der Waals surface area contributed by atoms with E-state index in [0.717, 1.165) is 37.1 Å². The summed E-state index contributed by atoms with van der Waals surface area (Å²) in [7, 11) is 0. The van der Waals surface area contributed by atoms with Crippen molar-refractivity contribution in [3.05, 3.63) is 29.3 Å². The normalized spacial score (nSPS) is 10.2. The van der Waals surface area contributed by atoms with Crippen LogP contribution in [0.25, 0.3) is 0 Å². The highest BCUT2D eigenvalue weighted by Crippen LogP contribution is 2.20. The molecule has 1 rings (SSSR count). The van der Waals surface area contributed by atoms with Crippen molar-refractivity contribution in [3.8, 4) is 0 Å². The second-order valence-electron chi connectivity index (χ2n) is 4.55. The third kappa shape index (κ3) is 4.40. The molecule has 18 heavy (non-hydrogen) atoms. The number of para-hydroxylation sites is 1. The summed E-state index contributed by atoms with van der Waals surface area (Å²) in [5.41, 5.74) is 3.24. The fraction of sp³-hybridized carbons (Fsp3) is 0.533. The lowest BCUT2D eigenvalue weighted by molar-refractivity contribution is 0.252. The molecular weight excluding hydrogens is 224 g/mol. The molecule has 0 atom stereocenters. The third-order valence-electron chi connectivity index (χ3n) is 3.04. The Bertz CT molecular complexity index is 388. The first-order valence-electron chi connectivity index (χ1n) is 6.82. The molecule has 2 amide bonds. The summed E-state index contributed by atoms with van der Waals surface area (Å²) in [5, 5.41) is 5.85. The van der Waals surface area contributed by atoms with E-state index >= 15 is 0 Å². The predicted molar refractivity (Wildman–Crippen MR) is 77.1 cm³/mol. The number of carbonyl (C=O) groups is 1. The molecule has 0 unspecified atom stereocenters. The van der Waals surface area contributed by atoms with Gasteiger partial charge in [0.1, 0.15) is 0 Å². The Morgan fingerprint density at radius 2 is 2.00 bits per heavy atom. The van der Waals surface area contributed by atoms with Gasteiger partial charge in [0.2, 0.25) is 0 Å². The van der Waals surface area contributed by atoms with Gasteiger partial charge in [-0.05, 0) is 30.9 Å². The number of nitrogens with one attached hydrogen (secondary N) is 2. The molecule has 0 radical (unpaired) electrons. The SMILES string of the molecule is CCCCCNC(=O)Nc1c(C)cccc1CC. The Balaban J connectivity index is 2.53. The minimum absolute atomic E-state index is 0.102. The molecule has 3 heteroatoms. The lowest BCUT2D eigenvalue weighted by Gasteiger charge is -2.13. The molecule has 0 spiro atoms. The zero-order chi connectivity index (χ0) is 13.4. The van der Waals surface area contributed by atoms with E-state index in [0.29, 0.717) is 0 Å². The summed E-state index contributed by atoms with van der Waals surface area (Å²) < 4.78 is 0. The molecule has 0 aliphatic rings. The van der Waals surface area contributed by atoms with Gasteiger partial charge in [-0.1, -0.05) is 44.9 Å². The fourth-order valence-corrected chi connectivity index (χ4v) is 1.94. The van der Waals surface area contributed by atoms with E-state index in [9.17, 15) is 4.79 Å². The van der Waals surface area contributed by atoms with E-state index in [1.54, 1.807) is 0 Å². The van der Waals surface area contributed by atoms with Gasteiger partial charge in [0.15, 0.2) is 0 Å². The maximum atomic E-state index is 11.8. The van der Waals surface area contributed by atoms with E-state index in [2.05, 4.69) is 30.5 Å². The van der Waals surface area contributed by atoms with Crippen molar-refractivity contribution in [1.82, 2.24) is 5.32 Å². The van der Waals surface area contributed by atoms with Crippen LogP contribution in [-0.2, 0) is 6.42 Å². The molecule has 1 aromatic rings. The van der Waals surface area contributed by atoms with Crippen LogP contribution in [0.1, 0.15) is 44.2 Å². The van der Waals surface area contributed by atoms with Crippen LogP contribution in [0.4, 0.5) is 10.5 Å². The molecule has 100 valence electrons. The van der Waals surface area contributed by atoms with Crippen molar-refractivity contribution >= 4 is 11.7 Å². The van der Waals surface area contributed by atoms with Crippen LogP contribution in [0.15, 0.2) is 18.2 Å². The maximum Gasteiger partial charge on any atom is 0.319 e. The summed E-state index contributed by atoms with van der Waals surface area (Å²) in [5.74, 6) is 0. The first-order chi connectivity index (χ1) is 8.69. The van der Waals surface area contributed by atoms with Crippen molar-refractivity contribution < 1.29 is 4.79 Å². The number of amides is 2. The van der Waals surface area contributed by atoms with Crippen LogP contribution < -0.4 is 10.6 Å². The number of aryl methyl sites for hydroxylation is 2. The predicted octanol–water partition coefficient (Wildman–Crippen LogP) is 3.87. The van der Waals surface area contributed by atoms with Crippen LogP contribution >= 0.6 is 0 Å². The van der Waals surface area contributed by atoms with Gasteiger partial charge in [-0.2, -0.15) is 0 Å². The molecule has 1 aromatic carbocycles. The van der Waals surface area contributed by atoms with Crippen molar-refractivity contribution in [1.29, 1.82) is 0 Å². The lowest BCUT2D eigenvalue weighted by Crippen LogP contribution is -2.30. The molecule has 3 nitrogen and oxygen atoms in total. The van der Waals surface area contributed by atoms with Gasteiger partial charge in [-0.15, -0.1) is 0 Å². The molecule has 0 aliphatic carbocycles. The highest BCUT2D eigenvalue weighted by molar-refractivity contribution is 5.91. The minimum Gasteiger partial charge on any atom is -0.338 e. The summed E-state index contributed by atoms with van der Waals surface area (Å²) in [6.45, 7) is 7.01. The summed E-state index contributed by atoms with van der Waals surface area (Å²) in [4.78, 5) is 11.8. The summed E-state index contributed by atoms with van der Waals surface area (Å²) in [6.07, 6.45) is 4.29. The van der Waals surface area contributed by atoms with Crippen molar-refractivity contribution in [2.24, 2.45) is 0 Å². The Kier molecular flexibility index (Phi) is 6.26. The van der Waals surface area contributed by atoms with Gasteiger partial charge in [-0.3, -0.25) is 0 Å². The van der Waals surface area contributed by atoms with Crippen LogP contribution in [0, 0.1) is 6.92 Å². The number of unbranched alkanes of at least 4 members (excludes halogenated alkanes) is 2. The molecular formula is C15H24N2O. The van der Waals surface area contributed by atoms with Crippen molar-refractivity contribution in [2.75, 3.05) is 11.9 Å². The first kappa shape index (κ1) is 14.6. The topological polar surface area (TPSA) is 41.1 Å². The molecule has 0 heterocycles. The Hall–Kier alpha value is -1.51. The quantitative estimate of drug-likeness (QED) is 0.737. The van der Waals surface area contributed by atoms with Gasteiger partial charge < -0.3 is 10.6 Å². The second kappa shape index (κ2) is 7.75. The van der Waals surface area contributed by atoms with Crippen LogP contribution in [0.2, 0.25) is 0 Å². The largest absolute Gasteiger partial charge is 0.338 e. The number of urea groups is 1. The third-order valence-corrected chi connectivity index (χ3v) is 3.04. The average Bonchev–Trinajstić information content (AvgIpc) is 2.37. The molecule has 0 aromatic heterocycles. The van der Waals surface area contributed by atoms with E-state index in [1.807, 2.05) is 19.1 Å². The highest BCUT2D eigenvalue weighted by Gasteiger charge is 2.07. The molecule has 0 saturated heterocycles. The fourth-order valence-electron chi connectivity index (χ4n) is 1.94. The Labute approximate surface area is 110 Å². The van der Waals surface area contributed by atoms with E-state index in [-0.39, 0.29) is 6.03 Å². The molecule has 0 aliphatic heterocycles. The first-order valence-corrected chi connectivity index (χ1v) is 6.82. The van der Waals surface area contributed by atoms with Gasteiger partial charge in [0.25, 0.3) is 0 Å². The second-order valence-corrected chi connectivity index (χ2v) is 4.55. The van der Waals surface area contributed by atoms with Crippen LogP contribution in [0.5, 0.6) is 0 Å². The van der Waals surface area contributed by atoms with Crippen LogP contribution in [0.3, 0.4) is 0 Å². The molecule has 2 N–H and O–H groups in total. The van der Waals surface area contributed by atoms with E-state index in [4.69, 9.17) is 0 Å². The van der Waals surface area contributed by atoms with Crippen molar-refractivity contribution in [2.45, 2.75) is 46.5 Å². The minimum atomic E-state index is -0.102. The summed E-state index contributed by atoms with van der Waals surface area (Å²) >= 11 is 0. The Morgan fingerprint density at radius 3 is 2.67 bits per heavy atom. The number of rotatable bonds is 6. The lowest BCUT2D eigenvalue weighted by atomic mass is 10.1. The van der Waals surface area contributed by atoms with E-state index < -0.39 is 0 Å². The molecule has 0 saturated carbocycles. The van der Waals surface area contributed by atoms with Gasteiger partial charge in [0, 0.05) is 12.2 Å². The van der Waals surface area contributed by atoms with Gasteiger partial charge in [0.05, 0.1) is 0 Å². The van der Waals surface area contributed by atoms with Gasteiger partial charge in [-0.25, -0.2) is 4.79 Å². The monoisotopic (exact) mass is 248 g/mol. The zero-order valence-corrected chi connectivity index (χ0v) is 11.7. The van der Waals surface area contributed by atoms with E-state index in [1.165, 1.54) is 12.0 Å². The number of hydrogen-bond acceptors (Lipinski definition) is 1. The maximum absolute atomic E-state index is 11.8. The summed E-state index contributed by atoms with van der Waals surface area (Å²) in [6, 6.07) is 6.00. The van der Waals surface area contributed by atoms with Gasteiger partial charge >= 0.3 is 6.03 Å². The smallest absolute Gasteiger partial charge is 0.319 e. The standard InChI is InChI=1S/C15H24N2O/c1-4-6-7-11-16-15(18)17-14-12(3)9-8-10-13(14)5-2/h8-10H,4-7,11H2,1-3H3,(H2,16,17,18). The van der Waals surface area contributed by atoms with Crippen molar-refractivity contribution in [3.63, 3.8) is 0 Å². The number of benzene rings is 1. The zero-order valence-electron chi connectivity index (χ0n) is 11.7. The number of hydrogen-bond donors (Lipinski definition) is 2. The molecule has 0 fully saturated rings. The average molecular weight is 248 g/mol. The number of anilines is 1. The molecule has 0 bridgehead atoms. The van der Waals surface area contributed by atoms with Crippen LogP contribution in [-0.4, -0.2) is 12.6 Å². The highest BCUT2D eigenvalue weighted by atomic mass is 16.2.